The molecule has 6 nitrogen and oxygen atoms in total. The van der Waals surface area contributed by atoms with Crippen LogP contribution >= 0.6 is 0 Å². The number of rotatable bonds is 9. The number of nitrogens with zero attached hydrogens (tertiary/aromatic N) is 1. The van der Waals surface area contributed by atoms with Gasteiger partial charge in [-0.25, -0.2) is 0 Å². The molecule has 2 aliphatic rings. The lowest BCUT2D eigenvalue weighted by molar-refractivity contribution is -0.136. The van der Waals surface area contributed by atoms with Gasteiger partial charge in [0, 0.05) is 24.3 Å². The number of carbonyl (C=O) groups is 1. The average Bonchev–Trinajstić information content (AvgIpc) is 3.56. The molecule has 0 bridgehead atoms. The van der Waals surface area contributed by atoms with Crippen molar-refractivity contribution in [1.29, 1.82) is 0 Å². The SMILES string of the molecule is N[C@H](CO)c1cccc(-c2cc(COc3ccccc3CC(=O)O)cc(N3CCC4(CCCC4)C3)c2)c1. The summed E-state index contributed by atoms with van der Waals surface area (Å²) in [5.74, 6) is -0.282. The molecule has 1 atom stereocenters. The molecule has 0 aromatic heterocycles. The van der Waals surface area contributed by atoms with Crippen molar-refractivity contribution in [3.8, 4) is 16.9 Å². The normalized spacial score (nSPS) is 17.3. The van der Waals surface area contributed by atoms with Crippen LogP contribution < -0.4 is 15.4 Å². The van der Waals surface area contributed by atoms with Gasteiger partial charge in [-0.3, -0.25) is 4.79 Å². The molecule has 1 aliphatic heterocycles. The zero-order valence-corrected chi connectivity index (χ0v) is 21.2. The minimum absolute atomic E-state index is 0.0742. The molecule has 2 fully saturated rings. The number of carboxylic acid groups (broad SMARTS) is 1. The Kier molecular flexibility index (Phi) is 7.49. The van der Waals surface area contributed by atoms with Gasteiger partial charge >= 0.3 is 5.97 Å². The monoisotopic (exact) mass is 500 g/mol. The first-order chi connectivity index (χ1) is 17.9. The highest BCUT2D eigenvalue weighted by Gasteiger charge is 2.40. The van der Waals surface area contributed by atoms with Crippen LogP contribution in [-0.2, 0) is 17.8 Å². The number of hydrogen-bond acceptors (Lipinski definition) is 5. The second kappa shape index (κ2) is 11.0. The first-order valence-electron chi connectivity index (χ1n) is 13.2. The molecule has 1 saturated carbocycles. The molecular weight excluding hydrogens is 464 g/mol. The Morgan fingerprint density at radius 2 is 1.81 bits per heavy atom. The minimum Gasteiger partial charge on any atom is -0.489 e. The van der Waals surface area contributed by atoms with Crippen molar-refractivity contribution >= 4 is 11.7 Å². The van der Waals surface area contributed by atoms with E-state index in [0.29, 0.717) is 23.3 Å². The zero-order valence-electron chi connectivity index (χ0n) is 21.2. The van der Waals surface area contributed by atoms with Gasteiger partial charge in [0.25, 0.3) is 0 Å². The number of aliphatic hydroxyl groups excluding tert-OH is 1. The highest BCUT2D eigenvalue weighted by molar-refractivity contribution is 5.72. The second-order valence-corrected chi connectivity index (χ2v) is 10.6. The van der Waals surface area contributed by atoms with Crippen molar-refractivity contribution in [1.82, 2.24) is 0 Å². The molecule has 1 aliphatic carbocycles. The fourth-order valence-electron chi connectivity index (χ4n) is 5.96. The van der Waals surface area contributed by atoms with E-state index in [2.05, 4.69) is 35.2 Å². The highest BCUT2D eigenvalue weighted by atomic mass is 16.5. The molecule has 0 radical (unpaired) electrons. The van der Waals surface area contributed by atoms with Crippen LogP contribution in [0.1, 0.15) is 54.8 Å². The van der Waals surface area contributed by atoms with Gasteiger partial charge in [0.05, 0.1) is 19.1 Å². The maximum atomic E-state index is 11.3. The molecule has 37 heavy (non-hydrogen) atoms. The topological polar surface area (TPSA) is 96.0 Å². The Labute approximate surface area is 218 Å². The van der Waals surface area contributed by atoms with E-state index in [1.54, 1.807) is 6.07 Å². The molecule has 0 unspecified atom stereocenters. The van der Waals surface area contributed by atoms with Crippen LogP contribution in [-0.4, -0.2) is 35.9 Å². The van der Waals surface area contributed by atoms with Crippen LogP contribution in [0.3, 0.4) is 0 Å². The summed E-state index contributed by atoms with van der Waals surface area (Å²) in [5, 5.41) is 18.8. The predicted molar refractivity (Wildman–Crippen MR) is 146 cm³/mol. The lowest BCUT2D eigenvalue weighted by atomic mass is 9.86. The van der Waals surface area contributed by atoms with Crippen LogP contribution in [0.4, 0.5) is 5.69 Å². The third-order valence-electron chi connectivity index (χ3n) is 8.00. The number of nitrogens with two attached hydrogens (primary N) is 1. The quantitative estimate of drug-likeness (QED) is 0.368. The van der Waals surface area contributed by atoms with Gasteiger partial charge in [-0.1, -0.05) is 49.2 Å². The standard InChI is InChI=1S/C31H36N2O4/c32-28(19-34)24-8-5-7-23(16-24)26-14-22(20-37-29-9-2-1-6-25(29)18-30(35)36)15-27(17-26)33-13-12-31(21-33)10-3-4-11-31/h1-2,5-9,14-17,28,34H,3-4,10-13,18-21,32H2,(H,35,36)/t28-/m1/s1. The van der Waals surface area contributed by atoms with E-state index in [9.17, 15) is 15.0 Å². The third-order valence-corrected chi connectivity index (χ3v) is 8.00. The van der Waals surface area contributed by atoms with E-state index >= 15 is 0 Å². The summed E-state index contributed by atoms with van der Waals surface area (Å²) in [4.78, 5) is 13.8. The summed E-state index contributed by atoms with van der Waals surface area (Å²) in [7, 11) is 0. The van der Waals surface area contributed by atoms with Crippen LogP contribution in [0.15, 0.2) is 66.7 Å². The number of aliphatic hydroxyl groups is 1. The van der Waals surface area contributed by atoms with E-state index < -0.39 is 12.0 Å². The highest BCUT2D eigenvalue weighted by Crippen LogP contribution is 2.46. The lowest BCUT2D eigenvalue weighted by Gasteiger charge is -2.25. The molecule has 6 heteroatoms. The summed E-state index contributed by atoms with van der Waals surface area (Å²) >= 11 is 0. The molecule has 194 valence electrons. The maximum Gasteiger partial charge on any atom is 0.307 e. The molecular formula is C31H36N2O4. The average molecular weight is 501 g/mol. The Balaban J connectivity index is 1.46. The summed E-state index contributed by atoms with van der Waals surface area (Å²) < 4.78 is 6.17. The largest absolute Gasteiger partial charge is 0.489 e. The zero-order chi connectivity index (χ0) is 25.8. The van der Waals surface area contributed by atoms with Crippen LogP contribution in [0.5, 0.6) is 5.75 Å². The number of benzene rings is 3. The second-order valence-electron chi connectivity index (χ2n) is 10.6. The van der Waals surface area contributed by atoms with Gasteiger partial charge < -0.3 is 25.6 Å². The number of ether oxygens (including phenoxy) is 1. The molecule has 0 amide bonds. The molecule has 3 aromatic rings. The van der Waals surface area contributed by atoms with Gasteiger partial charge in [-0.15, -0.1) is 0 Å². The maximum absolute atomic E-state index is 11.3. The number of anilines is 1. The number of para-hydroxylation sites is 1. The first kappa shape index (κ1) is 25.3. The summed E-state index contributed by atoms with van der Waals surface area (Å²) in [6.07, 6.45) is 6.48. The Hall–Kier alpha value is -3.35. The van der Waals surface area contributed by atoms with Crippen LogP contribution in [0, 0.1) is 5.41 Å². The molecule has 1 spiro atoms. The molecule has 3 aromatic carbocycles. The number of carboxylic acids is 1. The first-order valence-corrected chi connectivity index (χ1v) is 13.2. The van der Waals surface area contributed by atoms with E-state index in [4.69, 9.17) is 10.5 Å². The van der Waals surface area contributed by atoms with Gasteiger partial charge in [0.1, 0.15) is 12.4 Å². The van der Waals surface area contributed by atoms with E-state index in [1.165, 1.54) is 37.8 Å². The fourth-order valence-corrected chi connectivity index (χ4v) is 5.96. The van der Waals surface area contributed by atoms with E-state index in [1.807, 2.05) is 30.3 Å². The van der Waals surface area contributed by atoms with Crippen molar-refractivity contribution < 1.29 is 19.7 Å². The lowest BCUT2D eigenvalue weighted by Crippen LogP contribution is -2.25. The van der Waals surface area contributed by atoms with Crippen molar-refractivity contribution in [3.63, 3.8) is 0 Å². The molecule has 4 N–H and O–H groups in total. The van der Waals surface area contributed by atoms with Gasteiger partial charge in [0.15, 0.2) is 0 Å². The van der Waals surface area contributed by atoms with Crippen molar-refractivity contribution in [2.24, 2.45) is 11.1 Å². The van der Waals surface area contributed by atoms with Crippen LogP contribution in [0.25, 0.3) is 11.1 Å². The molecule has 1 heterocycles. The van der Waals surface area contributed by atoms with Gasteiger partial charge in [-0.05, 0) is 77.3 Å². The number of aliphatic carboxylic acids is 1. The Morgan fingerprint density at radius 1 is 1.00 bits per heavy atom. The van der Waals surface area contributed by atoms with Gasteiger partial charge in [-0.2, -0.15) is 0 Å². The number of hydrogen-bond donors (Lipinski definition) is 3. The van der Waals surface area contributed by atoms with Crippen LogP contribution in [0.2, 0.25) is 0 Å². The smallest absolute Gasteiger partial charge is 0.307 e. The van der Waals surface area contributed by atoms with E-state index in [0.717, 1.165) is 35.3 Å². The van der Waals surface area contributed by atoms with Crippen molar-refractivity contribution in [2.75, 3.05) is 24.6 Å². The summed E-state index contributed by atoms with van der Waals surface area (Å²) in [5.41, 5.74) is 12.5. The summed E-state index contributed by atoms with van der Waals surface area (Å²) in [6, 6.07) is 21.5. The Bertz CT molecular complexity index is 1250. The summed E-state index contributed by atoms with van der Waals surface area (Å²) in [6.45, 7) is 2.38. The van der Waals surface area contributed by atoms with E-state index in [-0.39, 0.29) is 13.0 Å². The fraction of sp³-hybridized carbons (Fsp3) is 0.387. The molecule has 5 rings (SSSR count). The third kappa shape index (κ3) is 5.81. The van der Waals surface area contributed by atoms with Gasteiger partial charge in [0.2, 0.25) is 0 Å². The minimum atomic E-state index is -0.879. The predicted octanol–water partition coefficient (Wildman–Crippen LogP) is 5.32. The molecule has 1 saturated heterocycles. The van der Waals surface area contributed by atoms with Crippen molar-refractivity contribution in [2.45, 2.75) is 51.2 Å². The van der Waals surface area contributed by atoms with Crippen molar-refractivity contribution in [3.05, 3.63) is 83.4 Å². The Morgan fingerprint density at radius 3 is 2.59 bits per heavy atom.